The van der Waals surface area contributed by atoms with E-state index in [-0.39, 0.29) is 5.91 Å². The molecule has 0 atom stereocenters. The van der Waals surface area contributed by atoms with Crippen LogP contribution in [-0.2, 0) is 26.0 Å². The van der Waals surface area contributed by atoms with E-state index in [9.17, 15) is 13.2 Å². The first kappa shape index (κ1) is 15.5. The van der Waals surface area contributed by atoms with Crippen molar-refractivity contribution in [1.29, 1.82) is 0 Å². The summed E-state index contributed by atoms with van der Waals surface area (Å²) in [5.41, 5.74) is 1.76. The van der Waals surface area contributed by atoms with E-state index < -0.39 is 10.0 Å². The number of rotatable bonds is 2. The average Bonchev–Trinajstić information content (AvgIpc) is 2.54. The van der Waals surface area contributed by atoms with Crippen LogP contribution in [0.1, 0.15) is 18.9 Å². The lowest BCUT2D eigenvalue weighted by Gasteiger charge is -2.30. The number of hydrogen-bond donors (Lipinski definition) is 0. The SMILES string of the molecule is CC(=O)N1CCCc2cc(S(=O)(=O)N3CCOCC3)ccc21. The zero-order valence-electron chi connectivity index (χ0n) is 12.6. The van der Waals surface area contributed by atoms with E-state index in [1.54, 1.807) is 23.1 Å². The summed E-state index contributed by atoms with van der Waals surface area (Å²) >= 11 is 0. The summed E-state index contributed by atoms with van der Waals surface area (Å²) in [6, 6.07) is 5.07. The summed E-state index contributed by atoms with van der Waals surface area (Å²) < 4.78 is 32.0. The van der Waals surface area contributed by atoms with Crippen LogP contribution >= 0.6 is 0 Å². The summed E-state index contributed by atoms with van der Waals surface area (Å²) in [6.07, 6.45) is 1.65. The minimum absolute atomic E-state index is 0.00950. The highest BCUT2D eigenvalue weighted by molar-refractivity contribution is 7.89. The van der Waals surface area contributed by atoms with Crippen LogP contribution in [0.4, 0.5) is 5.69 Å². The van der Waals surface area contributed by atoms with E-state index in [4.69, 9.17) is 4.74 Å². The molecule has 0 aliphatic carbocycles. The number of nitrogens with zero attached hydrogens (tertiary/aromatic N) is 2. The summed E-state index contributed by atoms with van der Waals surface area (Å²) in [6.45, 7) is 3.87. The number of hydrogen-bond acceptors (Lipinski definition) is 4. The number of carbonyl (C=O) groups is 1. The van der Waals surface area contributed by atoms with Gasteiger partial charge in [-0.05, 0) is 36.6 Å². The number of anilines is 1. The van der Waals surface area contributed by atoms with Gasteiger partial charge in [0.25, 0.3) is 0 Å². The Morgan fingerprint density at radius 3 is 2.59 bits per heavy atom. The molecular weight excluding hydrogens is 304 g/mol. The third kappa shape index (κ3) is 2.76. The molecule has 0 aromatic heterocycles. The molecule has 2 aliphatic heterocycles. The highest BCUT2D eigenvalue weighted by atomic mass is 32.2. The zero-order valence-corrected chi connectivity index (χ0v) is 13.4. The predicted molar refractivity (Wildman–Crippen MR) is 82.4 cm³/mol. The molecule has 0 N–H and O–H groups in total. The van der Waals surface area contributed by atoms with Crippen LogP contribution in [0.25, 0.3) is 0 Å². The minimum Gasteiger partial charge on any atom is -0.379 e. The van der Waals surface area contributed by atoms with Crippen molar-refractivity contribution in [2.24, 2.45) is 0 Å². The number of aryl methyl sites for hydroxylation is 1. The van der Waals surface area contributed by atoms with Crippen molar-refractivity contribution < 1.29 is 17.9 Å². The van der Waals surface area contributed by atoms with Crippen molar-refractivity contribution in [3.8, 4) is 0 Å². The molecule has 0 unspecified atom stereocenters. The normalized spacial score (nSPS) is 19.8. The average molecular weight is 324 g/mol. The van der Waals surface area contributed by atoms with E-state index in [0.717, 1.165) is 24.1 Å². The Bertz CT molecular complexity index is 681. The maximum atomic E-state index is 12.7. The smallest absolute Gasteiger partial charge is 0.243 e. The van der Waals surface area contributed by atoms with Gasteiger partial charge < -0.3 is 9.64 Å². The fourth-order valence-corrected chi connectivity index (χ4v) is 4.46. The van der Waals surface area contributed by atoms with Crippen LogP contribution in [0.15, 0.2) is 23.1 Å². The van der Waals surface area contributed by atoms with Crippen molar-refractivity contribution in [2.45, 2.75) is 24.7 Å². The first-order valence-electron chi connectivity index (χ1n) is 7.49. The quantitative estimate of drug-likeness (QED) is 0.814. The molecule has 1 aromatic rings. The molecule has 6 nitrogen and oxygen atoms in total. The lowest BCUT2D eigenvalue weighted by atomic mass is 10.0. The molecule has 0 saturated carbocycles. The standard InChI is InChI=1S/C15H20N2O4S/c1-12(18)17-6-2-3-13-11-14(4-5-15(13)17)22(19,20)16-7-9-21-10-8-16/h4-5,11H,2-3,6-10H2,1H3. The third-order valence-electron chi connectivity index (χ3n) is 4.16. The maximum absolute atomic E-state index is 12.7. The molecule has 1 saturated heterocycles. The molecule has 3 rings (SSSR count). The van der Waals surface area contributed by atoms with Gasteiger partial charge in [-0.3, -0.25) is 4.79 Å². The van der Waals surface area contributed by atoms with Gasteiger partial charge in [0.05, 0.1) is 18.1 Å². The van der Waals surface area contributed by atoms with Gasteiger partial charge in [-0.1, -0.05) is 0 Å². The summed E-state index contributed by atoms with van der Waals surface area (Å²) in [5, 5.41) is 0. The molecular formula is C15H20N2O4S. The van der Waals surface area contributed by atoms with Crippen LogP contribution in [-0.4, -0.2) is 51.5 Å². The van der Waals surface area contributed by atoms with Gasteiger partial charge in [0.15, 0.2) is 0 Å². The van der Waals surface area contributed by atoms with Crippen LogP contribution in [0.5, 0.6) is 0 Å². The molecule has 0 spiro atoms. The molecule has 7 heteroatoms. The summed E-state index contributed by atoms with van der Waals surface area (Å²) in [5.74, 6) is -0.00950. The lowest BCUT2D eigenvalue weighted by Crippen LogP contribution is -2.40. The molecule has 1 amide bonds. The van der Waals surface area contributed by atoms with E-state index in [0.29, 0.717) is 37.7 Å². The van der Waals surface area contributed by atoms with Crippen molar-refractivity contribution in [3.05, 3.63) is 23.8 Å². The fraction of sp³-hybridized carbons (Fsp3) is 0.533. The van der Waals surface area contributed by atoms with Crippen LogP contribution in [0.2, 0.25) is 0 Å². The molecule has 1 fully saturated rings. The number of amides is 1. The number of ether oxygens (including phenoxy) is 1. The molecule has 0 bridgehead atoms. The lowest BCUT2D eigenvalue weighted by molar-refractivity contribution is -0.116. The number of benzene rings is 1. The number of morpholine rings is 1. The number of sulfonamides is 1. The molecule has 120 valence electrons. The molecule has 2 heterocycles. The van der Waals surface area contributed by atoms with Crippen LogP contribution in [0.3, 0.4) is 0 Å². The Balaban J connectivity index is 1.94. The summed E-state index contributed by atoms with van der Waals surface area (Å²) in [7, 11) is -3.48. The second-order valence-electron chi connectivity index (χ2n) is 5.58. The van der Waals surface area contributed by atoms with Gasteiger partial charge in [-0.2, -0.15) is 4.31 Å². The van der Waals surface area contributed by atoms with Crippen molar-refractivity contribution in [3.63, 3.8) is 0 Å². The van der Waals surface area contributed by atoms with Crippen molar-refractivity contribution in [2.75, 3.05) is 37.7 Å². The second kappa shape index (κ2) is 5.98. The topological polar surface area (TPSA) is 66.9 Å². The predicted octanol–water partition coefficient (Wildman–Crippen LogP) is 1.01. The Kier molecular flexibility index (Phi) is 4.20. The first-order chi connectivity index (χ1) is 10.5. The Morgan fingerprint density at radius 1 is 1.18 bits per heavy atom. The molecule has 0 radical (unpaired) electrons. The van der Waals surface area contributed by atoms with Gasteiger partial charge in [-0.25, -0.2) is 8.42 Å². The monoisotopic (exact) mass is 324 g/mol. The summed E-state index contributed by atoms with van der Waals surface area (Å²) in [4.78, 5) is 13.7. The van der Waals surface area contributed by atoms with Gasteiger partial charge in [0.1, 0.15) is 0 Å². The number of fused-ring (bicyclic) bond motifs is 1. The fourth-order valence-electron chi connectivity index (χ4n) is 3.00. The molecule has 22 heavy (non-hydrogen) atoms. The highest BCUT2D eigenvalue weighted by Gasteiger charge is 2.28. The maximum Gasteiger partial charge on any atom is 0.243 e. The van der Waals surface area contributed by atoms with E-state index in [1.165, 1.54) is 11.2 Å². The highest BCUT2D eigenvalue weighted by Crippen LogP contribution is 2.30. The third-order valence-corrected chi connectivity index (χ3v) is 6.05. The van der Waals surface area contributed by atoms with Gasteiger partial charge in [0, 0.05) is 32.2 Å². The van der Waals surface area contributed by atoms with Crippen molar-refractivity contribution >= 4 is 21.6 Å². The zero-order chi connectivity index (χ0) is 15.7. The molecule has 2 aliphatic rings. The van der Waals surface area contributed by atoms with Crippen molar-refractivity contribution in [1.82, 2.24) is 4.31 Å². The number of carbonyl (C=O) groups excluding carboxylic acids is 1. The first-order valence-corrected chi connectivity index (χ1v) is 8.93. The van der Waals surface area contributed by atoms with Crippen LogP contribution in [0, 0.1) is 0 Å². The molecule has 1 aromatic carbocycles. The second-order valence-corrected chi connectivity index (χ2v) is 7.52. The van der Waals surface area contributed by atoms with Gasteiger partial charge in [0.2, 0.25) is 15.9 Å². The minimum atomic E-state index is -3.48. The Morgan fingerprint density at radius 2 is 1.91 bits per heavy atom. The van der Waals surface area contributed by atoms with E-state index >= 15 is 0 Å². The van der Waals surface area contributed by atoms with Gasteiger partial charge >= 0.3 is 0 Å². The van der Waals surface area contributed by atoms with Crippen LogP contribution < -0.4 is 4.90 Å². The Labute approximate surface area is 130 Å². The van der Waals surface area contributed by atoms with E-state index in [1.807, 2.05) is 0 Å². The van der Waals surface area contributed by atoms with Gasteiger partial charge in [-0.15, -0.1) is 0 Å². The van der Waals surface area contributed by atoms with E-state index in [2.05, 4.69) is 0 Å². The largest absolute Gasteiger partial charge is 0.379 e. The Hall–Kier alpha value is -1.44.